The summed E-state index contributed by atoms with van der Waals surface area (Å²) in [7, 11) is 0. The molecule has 0 spiro atoms. The molecule has 1 aromatic heterocycles. The maximum absolute atomic E-state index is 13.2. The Morgan fingerprint density at radius 1 is 0.909 bits per heavy atom. The van der Waals surface area contributed by atoms with Gasteiger partial charge in [0.15, 0.2) is 12.2 Å². The summed E-state index contributed by atoms with van der Waals surface area (Å²) in [5.74, 6) is 2.12. The average molecular weight is 528 g/mol. The van der Waals surface area contributed by atoms with Crippen LogP contribution in [0.5, 0.6) is 0 Å². The number of nitrogens with zero attached hydrogens (tertiary/aromatic N) is 2. The Morgan fingerprint density at radius 2 is 1.61 bits per heavy atom. The molecule has 2 aliphatic rings. The summed E-state index contributed by atoms with van der Waals surface area (Å²) >= 11 is 6.11. The van der Waals surface area contributed by atoms with Crippen LogP contribution in [0.4, 0.5) is 0 Å². The Hall–Kier alpha value is -1.91. The van der Waals surface area contributed by atoms with Crippen molar-refractivity contribution >= 4 is 17.4 Å². The molecule has 3 nitrogen and oxygen atoms in total. The number of halogens is 2. The van der Waals surface area contributed by atoms with Crippen LogP contribution in [0.1, 0.15) is 79.0 Å². The molecule has 0 bridgehead atoms. The molecule has 2 heterocycles. The summed E-state index contributed by atoms with van der Waals surface area (Å²) in [6, 6.07) is 16.5. The van der Waals surface area contributed by atoms with Crippen LogP contribution in [-0.4, -0.2) is 10.4 Å². The van der Waals surface area contributed by atoms with E-state index >= 15 is 0 Å². The first-order valence-electron chi connectivity index (χ1n) is 12.2. The molecule has 1 aliphatic carbocycles. The van der Waals surface area contributed by atoms with E-state index in [1.165, 1.54) is 68.4 Å². The first kappa shape index (κ1) is 24.2. The number of aromatic nitrogens is 2. The van der Waals surface area contributed by atoms with Crippen LogP contribution in [0.3, 0.4) is 0 Å². The second-order valence-corrected chi connectivity index (χ2v) is 9.84. The Morgan fingerprint density at radius 3 is 2.33 bits per heavy atom. The normalized spacial score (nSPS) is 16.5. The molecule has 0 amide bonds. The summed E-state index contributed by atoms with van der Waals surface area (Å²) in [5.41, 5.74) is 4.55. The molecule has 33 heavy (non-hydrogen) atoms. The van der Waals surface area contributed by atoms with Crippen molar-refractivity contribution in [3.05, 3.63) is 76.7 Å². The van der Waals surface area contributed by atoms with Crippen molar-refractivity contribution in [2.75, 3.05) is 0 Å². The lowest BCUT2D eigenvalue weighted by atomic mass is 9.84. The quantitative estimate of drug-likeness (QED) is 0.367. The highest BCUT2D eigenvalue weighted by atomic mass is 79.9. The minimum Gasteiger partial charge on any atom is -1.00 e. The smallest absolute Gasteiger partial charge is 0.257 e. The van der Waals surface area contributed by atoms with Crippen LogP contribution in [-0.2, 0) is 19.5 Å². The molecule has 5 heteroatoms. The first-order chi connectivity index (χ1) is 15.7. The third-order valence-electron chi connectivity index (χ3n) is 7.26. The van der Waals surface area contributed by atoms with E-state index in [1.807, 2.05) is 24.3 Å². The number of ketones is 1. The van der Waals surface area contributed by atoms with Gasteiger partial charge in [0.25, 0.3) is 5.82 Å². The minimum absolute atomic E-state index is 0. The Balaban J connectivity index is 0.00000259. The number of carbonyl (C=O) groups excluding carboxylic acids is 1. The number of rotatable bonds is 5. The zero-order chi connectivity index (χ0) is 21.9. The molecule has 0 atom stereocenters. The van der Waals surface area contributed by atoms with E-state index in [2.05, 4.69) is 39.6 Å². The van der Waals surface area contributed by atoms with Crippen molar-refractivity contribution < 1.29 is 26.3 Å². The number of hydrogen-bond donors (Lipinski definition) is 0. The first-order valence-corrected chi connectivity index (χ1v) is 12.6. The lowest BCUT2D eigenvalue weighted by Crippen LogP contribution is -3.00. The van der Waals surface area contributed by atoms with Gasteiger partial charge in [-0.1, -0.05) is 55.1 Å². The van der Waals surface area contributed by atoms with Crippen LogP contribution >= 0.6 is 11.6 Å². The molecule has 1 aliphatic heterocycles. The molecule has 1 saturated carbocycles. The number of benzene rings is 2. The minimum atomic E-state index is 0. The molecular formula is C28H32BrClN2O. The zero-order valence-electron chi connectivity index (χ0n) is 19.1. The van der Waals surface area contributed by atoms with E-state index in [1.54, 1.807) is 0 Å². The van der Waals surface area contributed by atoms with Crippen molar-refractivity contribution in [2.45, 2.75) is 76.8 Å². The van der Waals surface area contributed by atoms with Crippen LogP contribution in [0.25, 0.3) is 11.3 Å². The molecule has 0 N–H and O–H groups in total. The van der Waals surface area contributed by atoms with E-state index in [0.717, 1.165) is 29.1 Å². The maximum Gasteiger partial charge on any atom is 0.257 e. The van der Waals surface area contributed by atoms with E-state index < -0.39 is 0 Å². The van der Waals surface area contributed by atoms with Gasteiger partial charge >= 0.3 is 0 Å². The number of imidazole rings is 1. The second kappa shape index (κ2) is 11.0. The second-order valence-electron chi connectivity index (χ2n) is 9.41. The third kappa shape index (κ3) is 5.44. The summed E-state index contributed by atoms with van der Waals surface area (Å²) in [6.07, 6.45) is 13.4. The number of carbonyl (C=O) groups is 1. The fraction of sp³-hybridized carbons (Fsp3) is 0.429. The van der Waals surface area contributed by atoms with Crippen molar-refractivity contribution in [1.29, 1.82) is 0 Å². The van der Waals surface area contributed by atoms with Gasteiger partial charge in [-0.15, -0.1) is 0 Å². The topological polar surface area (TPSA) is 25.9 Å². The van der Waals surface area contributed by atoms with Gasteiger partial charge in [-0.3, -0.25) is 4.79 Å². The monoisotopic (exact) mass is 526 g/mol. The van der Waals surface area contributed by atoms with Crippen molar-refractivity contribution in [3.63, 3.8) is 0 Å². The predicted octanol–water partition coefficient (Wildman–Crippen LogP) is 3.76. The predicted molar refractivity (Wildman–Crippen MR) is 129 cm³/mol. The molecular weight excluding hydrogens is 496 g/mol. The molecule has 1 fully saturated rings. The van der Waals surface area contributed by atoms with Crippen molar-refractivity contribution in [2.24, 2.45) is 0 Å². The SMILES string of the molecule is O=C(C[n+]1cc(-c2ccc(Cl)cc2)n2c1CCCCC2)c1ccc(C2CCCCC2)cc1.[Br-]. The molecule has 0 unspecified atom stereocenters. The van der Waals surface area contributed by atoms with Crippen molar-refractivity contribution in [1.82, 2.24) is 4.57 Å². The Bertz CT molecular complexity index is 1080. The van der Waals surface area contributed by atoms with Gasteiger partial charge in [0, 0.05) is 22.6 Å². The van der Waals surface area contributed by atoms with Gasteiger partial charge in [0.05, 0.1) is 6.54 Å². The molecule has 5 rings (SSSR count). The summed E-state index contributed by atoms with van der Waals surface area (Å²) in [5, 5.41) is 0.746. The summed E-state index contributed by atoms with van der Waals surface area (Å²) < 4.78 is 4.60. The highest BCUT2D eigenvalue weighted by Crippen LogP contribution is 2.32. The van der Waals surface area contributed by atoms with Crippen LogP contribution in [0.15, 0.2) is 54.7 Å². The van der Waals surface area contributed by atoms with Gasteiger partial charge in [0.2, 0.25) is 5.78 Å². The molecule has 3 aromatic rings. The van der Waals surface area contributed by atoms with Gasteiger partial charge in [0.1, 0.15) is 6.20 Å². The van der Waals surface area contributed by atoms with E-state index in [4.69, 9.17) is 11.6 Å². The molecule has 0 saturated heterocycles. The highest BCUT2D eigenvalue weighted by molar-refractivity contribution is 6.30. The molecule has 2 aromatic carbocycles. The van der Waals surface area contributed by atoms with E-state index in [0.29, 0.717) is 12.5 Å². The summed E-state index contributed by atoms with van der Waals surface area (Å²) in [6.45, 7) is 1.40. The average Bonchev–Trinajstić information content (AvgIpc) is 3.00. The fourth-order valence-corrected chi connectivity index (χ4v) is 5.58. The van der Waals surface area contributed by atoms with Gasteiger partial charge in [-0.05, 0) is 67.9 Å². The highest BCUT2D eigenvalue weighted by Gasteiger charge is 2.27. The molecule has 0 radical (unpaired) electrons. The van der Waals surface area contributed by atoms with Gasteiger partial charge in [-0.2, -0.15) is 0 Å². The standard InChI is InChI=1S/C28H32ClN2O.BrH/c29-25-16-14-23(15-17-25)26-19-30(28-9-5-2-6-18-31(26)28)20-27(32)24-12-10-22(11-13-24)21-7-3-1-4-8-21;/h10-17,19,21H,1-9,18,20H2;1H/q+1;/p-1. The lowest BCUT2D eigenvalue weighted by molar-refractivity contribution is -0.690. The Kier molecular flexibility index (Phi) is 8.08. The molecule has 174 valence electrons. The maximum atomic E-state index is 13.2. The van der Waals surface area contributed by atoms with Gasteiger partial charge in [-0.25, -0.2) is 9.13 Å². The number of hydrogen-bond acceptors (Lipinski definition) is 1. The fourth-order valence-electron chi connectivity index (χ4n) is 5.45. The van der Waals surface area contributed by atoms with Crippen LogP contribution in [0, 0.1) is 0 Å². The van der Waals surface area contributed by atoms with E-state index in [9.17, 15) is 4.79 Å². The zero-order valence-corrected chi connectivity index (χ0v) is 21.5. The largest absolute Gasteiger partial charge is 1.00 e. The number of fused-ring (bicyclic) bond motifs is 1. The van der Waals surface area contributed by atoms with E-state index in [-0.39, 0.29) is 22.8 Å². The van der Waals surface area contributed by atoms with Crippen molar-refractivity contribution in [3.8, 4) is 11.3 Å². The van der Waals surface area contributed by atoms with Crippen LogP contribution in [0.2, 0.25) is 5.02 Å². The Labute approximate surface area is 212 Å². The lowest BCUT2D eigenvalue weighted by Gasteiger charge is -2.22. The van der Waals surface area contributed by atoms with Crippen LogP contribution < -0.4 is 21.5 Å². The summed E-state index contributed by atoms with van der Waals surface area (Å²) in [4.78, 5) is 13.2. The number of Topliss-reactive ketones (excluding diaryl/α,β-unsaturated/α-hetero) is 1. The van der Waals surface area contributed by atoms with Gasteiger partial charge < -0.3 is 17.0 Å². The third-order valence-corrected chi connectivity index (χ3v) is 7.51.